The molecule has 0 N–H and O–H groups in total. The predicted octanol–water partition coefficient (Wildman–Crippen LogP) is 4.27. The first kappa shape index (κ1) is 19.3. The lowest BCUT2D eigenvalue weighted by Crippen LogP contribution is -2.39. The molecule has 1 aromatic rings. The highest BCUT2D eigenvalue weighted by molar-refractivity contribution is 5.77. The first-order valence-electron chi connectivity index (χ1n) is 8.22. The molecular weight excluding hydrogens is 290 g/mol. The van der Waals surface area contributed by atoms with Gasteiger partial charge in [0.1, 0.15) is 0 Å². The number of hydrogen-bond acceptors (Lipinski definition) is 3. The van der Waals surface area contributed by atoms with Crippen LogP contribution in [0.5, 0.6) is 11.5 Å². The molecule has 4 nitrogen and oxygen atoms in total. The lowest BCUT2D eigenvalue weighted by Gasteiger charge is -2.31. The number of nitrogens with zero attached hydrogens (tertiary/aromatic N) is 1. The van der Waals surface area contributed by atoms with Crippen LogP contribution >= 0.6 is 0 Å². The summed E-state index contributed by atoms with van der Waals surface area (Å²) < 4.78 is 10.6. The highest BCUT2D eigenvalue weighted by Crippen LogP contribution is 2.29. The molecular formula is C19H31NO3. The number of methoxy groups -OCH3 is 2. The van der Waals surface area contributed by atoms with Crippen molar-refractivity contribution in [3.63, 3.8) is 0 Å². The van der Waals surface area contributed by atoms with Crippen LogP contribution in [-0.2, 0) is 11.3 Å². The Morgan fingerprint density at radius 1 is 1.17 bits per heavy atom. The smallest absolute Gasteiger partial charge is 0.223 e. The van der Waals surface area contributed by atoms with Gasteiger partial charge in [0, 0.05) is 19.0 Å². The summed E-state index contributed by atoms with van der Waals surface area (Å²) >= 11 is 0. The molecule has 1 rings (SSSR count). The minimum atomic E-state index is -0.0135. The van der Waals surface area contributed by atoms with Gasteiger partial charge >= 0.3 is 0 Å². The predicted molar refractivity (Wildman–Crippen MR) is 93.9 cm³/mol. The zero-order valence-corrected chi connectivity index (χ0v) is 15.6. The largest absolute Gasteiger partial charge is 0.493 e. The maximum absolute atomic E-state index is 12.7. The first-order valence-corrected chi connectivity index (χ1v) is 8.22. The van der Waals surface area contributed by atoms with Crippen molar-refractivity contribution >= 4 is 5.91 Å². The molecule has 130 valence electrons. The molecule has 23 heavy (non-hydrogen) atoms. The van der Waals surface area contributed by atoms with Gasteiger partial charge in [-0.3, -0.25) is 4.79 Å². The average molecular weight is 321 g/mol. The van der Waals surface area contributed by atoms with Crippen molar-refractivity contribution in [3.05, 3.63) is 23.8 Å². The molecule has 0 heterocycles. The van der Waals surface area contributed by atoms with Gasteiger partial charge in [0.2, 0.25) is 5.91 Å². The van der Waals surface area contributed by atoms with Crippen molar-refractivity contribution in [1.29, 1.82) is 0 Å². The van der Waals surface area contributed by atoms with Gasteiger partial charge in [0.15, 0.2) is 11.5 Å². The Hall–Kier alpha value is -1.71. The van der Waals surface area contributed by atoms with Crippen molar-refractivity contribution in [2.75, 3.05) is 14.2 Å². The summed E-state index contributed by atoms with van der Waals surface area (Å²) in [5.41, 5.74) is 1.03. The molecule has 0 fully saturated rings. The van der Waals surface area contributed by atoms with E-state index in [1.54, 1.807) is 14.2 Å². The van der Waals surface area contributed by atoms with Crippen LogP contribution < -0.4 is 9.47 Å². The molecule has 0 bridgehead atoms. The number of hydrogen-bond donors (Lipinski definition) is 0. The molecule has 1 amide bonds. The van der Waals surface area contributed by atoms with E-state index in [-0.39, 0.29) is 17.4 Å². The molecule has 1 unspecified atom stereocenters. The molecule has 0 radical (unpaired) electrons. The zero-order chi connectivity index (χ0) is 17.6. The summed E-state index contributed by atoms with van der Waals surface area (Å²) in [7, 11) is 3.24. The highest BCUT2D eigenvalue weighted by Gasteiger charge is 2.24. The van der Waals surface area contributed by atoms with Gasteiger partial charge < -0.3 is 14.4 Å². The van der Waals surface area contributed by atoms with Gasteiger partial charge in [-0.2, -0.15) is 0 Å². The highest BCUT2D eigenvalue weighted by atomic mass is 16.5. The van der Waals surface area contributed by atoms with E-state index >= 15 is 0 Å². The van der Waals surface area contributed by atoms with Crippen molar-refractivity contribution in [1.82, 2.24) is 4.90 Å². The molecule has 0 aliphatic heterocycles. The molecule has 0 aliphatic rings. The number of benzene rings is 1. The Bertz CT molecular complexity index is 520. The fourth-order valence-electron chi connectivity index (χ4n) is 2.44. The maximum atomic E-state index is 12.7. The van der Waals surface area contributed by atoms with Crippen LogP contribution in [0.2, 0.25) is 0 Å². The van der Waals surface area contributed by atoms with Crippen LogP contribution in [0, 0.1) is 5.41 Å². The third-order valence-corrected chi connectivity index (χ3v) is 3.93. The lowest BCUT2D eigenvalue weighted by atomic mass is 9.91. The first-order chi connectivity index (χ1) is 10.7. The summed E-state index contributed by atoms with van der Waals surface area (Å²) in [6.07, 6.45) is 1.48. The molecule has 4 heteroatoms. The second kappa shape index (κ2) is 8.23. The van der Waals surface area contributed by atoms with E-state index in [0.717, 1.165) is 12.0 Å². The normalized spacial score (nSPS) is 12.7. The monoisotopic (exact) mass is 321 g/mol. The van der Waals surface area contributed by atoms with E-state index in [0.29, 0.717) is 24.5 Å². The summed E-state index contributed by atoms with van der Waals surface area (Å²) in [5.74, 6) is 1.59. The van der Waals surface area contributed by atoms with Crippen LogP contribution in [0.4, 0.5) is 0 Å². The third kappa shape index (κ3) is 5.77. The van der Waals surface area contributed by atoms with E-state index in [9.17, 15) is 4.79 Å². The van der Waals surface area contributed by atoms with Crippen LogP contribution in [0.25, 0.3) is 0 Å². The van der Waals surface area contributed by atoms with Crippen LogP contribution in [0.3, 0.4) is 0 Å². The Kier molecular flexibility index (Phi) is 6.92. The van der Waals surface area contributed by atoms with Gasteiger partial charge in [0.25, 0.3) is 0 Å². The maximum Gasteiger partial charge on any atom is 0.223 e. The number of carbonyl (C=O) groups is 1. The van der Waals surface area contributed by atoms with E-state index in [1.807, 2.05) is 23.1 Å². The minimum Gasteiger partial charge on any atom is -0.493 e. The SMILES string of the molecule is CCC(C)N(Cc1ccc(OC)c(OC)c1)C(=O)CC(C)(C)C. The molecule has 0 aliphatic carbocycles. The van der Waals surface area contributed by atoms with E-state index < -0.39 is 0 Å². The Balaban J connectivity index is 3.00. The minimum absolute atomic E-state index is 0.0135. The topological polar surface area (TPSA) is 38.8 Å². The van der Waals surface area contributed by atoms with Crippen molar-refractivity contribution < 1.29 is 14.3 Å². The third-order valence-electron chi connectivity index (χ3n) is 3.93. The van der Waals surface area contributed by atoms with E-state index in [4.69, 9.17) is 9.47 Å². The molecule has 0 spiro atoms. The van der Waals surface area contributed by atoms with Crippen LogP contribution in [-0.4, -0.2) is 31.1 Å². The fraction of sp³-hybridized carbons (Fsp3) is 0.632. The number of rotatable bonds is 7. The molecule has 1 aromatic carbocycles. The standard InChI is InChI=1S/C19H31NO3/c1-8-14(2)20(18(21)12-19(3,4)5)13-15-9-10-16(22-6)17(11-15)23-7/h9-11,14H,8,12-13H2,1-7H3. The number of carbonyl (C=O) groups excluding carboxylic acids is 1. The van der Waals surface area contributed by atoms with Crippen molar-refractivity contribution in [2.24, 2.45) is 5.41 Å². The van der Waals surface area contributed by atoms with Crippen LogP contribution in [0.15, 0.2) is 18.2 Å². The lowest BCUT2D eigenvalue weighted by molar-refractivity contribution is -0.135. The van der Waals surface area contributed by atoms with Crippen molar-refractivity contribution in [2.45, 2.75) is 60.0 Å². The van der Waals surface area contributed by atoms with Gasteiger partial charge in [0.05, 0.1) is 14.2 Å². The molecule has 0 saturated carbocycles. The Labute approximate surface area is 140 Å². The van der Waals surface area contributed by atoms with Crippen molar-refractivity contribution in [3.8, 4) is 11.5 Å². The second-order valence-corrected chi connectivity index (χ2v) is 7.21. The molecule has 1 atom stereocenters. The van der Waals surface area contributed by atoms with Gasteiger partial charge in [-0.15, -0.1) is 0 Å². The van der Waals surface area contributed by atoms with Gasteiger partial charge in [-0.05, 0) is 36.5 Å². The summed E-state index contributed by atoms with van der Waals surface area (Å²) in [6, 6.07) is 6.02. The quantitative estimate of drug-likeness (QED) is 0.753. The average Bonchev–Trinajstić information content (AvgIpc) is 2.49. The van der Waals surface area contributed by atoms with Gasteiger partial charge in [-0.1, -0.05) is 33.8 Å². The Morgan fingerprint density at radius 3 is 2.26 bits per heavy atom. The van der Waals surface area contributed by atoms with E-state index in [2.05, 4.69) is 34.6 Å². The summed E-state index contributed by atoms with van der Waals surface area (Å²) in [5, 5.41) is 0. The summed E-state index contributed by atoms with van der Waals surface area (Å²) in [4.78, 5) is 14.7. The summed E-state index contributed by atoms with van der Waals surface area (Å²) in [6.45, 7) is 11.1. The van der Waals surface area contributed by atoms with Gasteiger partial charge in [-0.25, -0.2) is 0 Å². The Morgan fingerprint density at radius 2 is 1.78 bits per heavy atom. The number of amides is 1. The van der Waals surface area contributed by atoms with E-state index in [1.165, 1.54) is 0 Å². The molecule has 0 saturated heterocycles. The fourth-order valence-corrected chi connectivity index (χ4v) is 2.44. The number of ether oxygens (including phenoxy) is 2. The second-order valence-electron chi connectivity index (χ2n) is 7.21. The van der Waals surface area contributed by atoms with Crippen LogP contribution in [0.1, 0.15) is 53.0 Å². The zero-order valence-electron chi connectivity index (χ0n) is 15.6. The molecule has 0 aromatic heterocycles.